The molecule has 2 atom stereocenters. The number of hydrogen-bond acceptors (Lipinski definition) is 4. The Bertz CT molecular complexity index is 575. The quantitative estimate of drug-likeness (QED) is 0.911. The second kappa shape index (κ2) is 7.01. The molecule has 2 aliphatic rings. The number of amides is 2. The van der Waals surface area contributed by atoms with Gasteiger partial charge in [-0.1, -0.05) is 0 Å². The summed E-state index contributed by atoms with van der Waals surface area (Å²) in [6, 6.07) is 2.24. The number of carbonyl (C=O) groups is 1. The third-order valence-electron chi connectivity index (χ3n) is 5.31. The van der Waals surface area contributed by atoms with Gasteiger partial charge in [0.05, 0.1) is 18.3 Å². The highest BCUT2D eigenvalue weighted by molar-refractivity contribution is 5.75. The Kier molecular flexibility index (Phi) is 4.99. The van der Waals surface area contributed by atoms with E-state index < -0.39 is 0 Å². The molecule has 0 aromatic carbocycles. The highest BCUT2D eigenvalue weighted by atomic mass is 16.5. The van der Waals surface area contributed by atoms with Crippen LogP contribution in [0, 0.1) is 0 Å². The molecule has 1 aromatic rings. The monoisotopic (exact) mass is 335 g/mol. The predicted molar refractivity (Wildman–Crippen MR) is 93.2 cm³/mol. The average Bonchev–Trinajstić information content (AvgIpc) is 3.01. The summed E-state index contributed by atoms with van der Waals surface area (Å²) in [5.74, 6) is 1.11. The normalized spacial score (nSPS) is 28.0. The topological polar surface area (TPSA) is 62.6 Å². The maximum Gasteiger partial charge on any atom is 0.317 e. The highest BCUT2D eigenvalue weighted by Gasteiger charge is 2.34. The zero-order chi connectivity index (χ0) is 17.2. The maximum atomic E-state index is 12.7. The van der Waals surface area contributed by atoms with E-state index in [2.05, 4.69) is 22.2 Å². The third kappa shape index (κ3) is 3.66. The van der Waals surface area contributed by atoms with Gasteiger partial charge in [-0.3, -0.25) is 4.68 Å². The van der Waals surface area contributed by atoms with E-state index in [1.54, 1.807) is 7.11 Å². The largest absolute Gasteiger partial charge is 0.377 e. The van der Waals surface area contributed by atoms with Crippen LogP contribution in [0.15, 0.2) is 12.3 Å². The second-order valence-corrected chi connectivity index (χ2v) is 7.23. The zero-order valence-electron chi connectivity index (χ0n) is 15.0. The van der Waals surface area contributed by atoms with Crippen molar-refractivity contribution in [1.82, 2.24) is 20.0 Å². The molecule has 24 heavy (non-hydrogen) atoms. The number of hydrogen-bond donors (Lipinski definition) is 1. The molecule has 0 saturated carbocycles. The molecule has 1 N–H and O–H groups in total. The first-order chi connectivity index (χ1) is 11.5. The van der Waals surface area contributed by atoms with Crippen LogP contribution in [-0.2, 0) is 11.8 Å². The average molecular weight is 335 g/mol. The third-order valence-corrected chi connectivity index (χ3v) is 5.31. The lowest BCUT2D eigenvalue weighted by Gasteiger charge is -2.41. The summed E-state index contributed by atoms with van der Waals surface area (Å²) in [7, 11) is 3.69. The van der Waals surface area contributed by atoms with Crippen LogP contribution in [0.4, 0.5) is 10.6 Å². The minimum Gasteiger partial charge on any atom is -0.377 e. The van der Waals surface area contributed by atoms with Crippen LogP contribution in [0.2, 0.25) is 0 Å². The van der Waals surface area contributed by atoms with Crippen molar-refractivity contribution in [2.45, 2.75) is 44.2 Å². The van der Waals surface area contributed by atoms with E-state index in [1.165, 1.54) is 0 Å². The summed E-state index contributed by atoms with van der Waals surface area (Å²) in [6.07, 6.45) is 5.91. The first-order valence-corrected chi connectivity index (χ1v) is 8.84. The lowest BCUT2D eigenvalue weighted by atomic mass is 9.95. The van der Waals surface area contributed by atoms with Gasteiger partial charge in [-0.05, 0) is 32.6 Å². The van der Waals surface area contributed by atoms with Crippen molar-refractivity contribution < 1.29 is 9.53 Å². The number of urea groups is 1. The number of aryl methyl sites for hydroxylation is 1. The van der Waals surface area contributed by atoms with Crippen LogP contribution < -0.4 is 10.2 Å². The molecule has 0 radical (unpaired) electrons. The smallest absolute Gasteiger partial charge is 0.317 e. The number of aromatic nitrogens is 2. The van der Waals surface area contributed by atoms with Gasteiger partial charge < -0.3 is 19.9 Å². The summed E-state index contributed by atoms with van der Waals surface area (Å²) in [5, 5.41) is 7.46. The van der Waals surface area contributed by atoms with Gasteiger partial charge in [-0.2, -0.15) is 5.10 Å². The van der Waals surface area contributed by atoms with E-state index in [9.17, 15) is 4.79 Å². The summed E-state index contributed by atoms with van der Waals surface area (Å²) in [6.45, 7) is 5.39. The Morgan fingerprint density at radius 2 is 2.25 bits per heavy atom. The Balaban J connectivity index is 1.57. The van der Waals surface area contributed by atoms with E-state index in [-0.39, 0.29) is 17.7 Å². The molecule has 7 heteroatoms. The van der Waals surface area contributed by atoms with Gasteiger partial charge in [0.1, 0.15) is 5.82 Å². The number of carbonyl (C=O) groups excluding carboxylic acids is 1. The number of ether oxygens (including phenoxy) is 1. The number of rotatable bonds is 3. The minimum absolute atomic E-state index is 0.0369. The number of anilines is 1. The summed E-state index contributed by atoms with van der Waals surface area (Å²) < 4.78 is 7.48. The number of nitrogens with one attached hydrogen (secondary N) is 1. The van der Waals surface area contributed by atoms with Crippen LogP contribution >= 0.6 is 0 Å². The Labute approximate surface area is 143 Å². The van der Waals surface area contributed by atoms with Crippen LogP contribution in [0.5, 0.6) is 0 Å². The number of nitrogens with zero attached hydrogens (tertiary/aromatic N) is 4. The van der Waals surface area contributed by atoms with Crippen molar-refractivity contribution in [2.75, 3.05) is 38.2 Å². The molecule has 2 fully saturated rings. The van der Waals surface area contributed by atoms with Gasteiger partial charge in [-0.25, -0.2) is 4.79 Å². The Hall–Kier alpha value is -1.76. The summed E-state index contributed by atoms with van der Waals surface area (Å²) in [5.41, 5.74) is -0.219. The number of methoxy groups -OCH3 is 1. The maximum absolute atomic E-state index is 12.7. The van der Waals surface area contributed by atoms with Crippen LogP contribution in [0.25, 0.3) is 0 Å². The molecule has 0 bridgehead atoms. The summed E-state index contributed by atoms with van der Waals surface area (Å²) in [4.78, 5) is 16.9. The second-order valence-electron chi connectivity index (χ2n) is 7.23. The molecule has 0 aliphatic carbocycles. The number of likely N-dealkylation sites (tertiary alicyclic amines) is 1. The van der Waals surface area contributed by atoms with E-state index >= 15 is 0 Å². The van der Waals surface area contributed by atoms with Gasteiger partial charge in [0.25, 0.3) is 0 Å². The first kappa shape index (κ1) is 17.1. The van der Waals surface area contributed by atoms with E-state index in [1.807, 2.05) is 28.9 Å². The predicted octanol–water partition coefficient (Wildman–Crippen LogP) is 1.60. The summed E-state index contributed by atoms with van der Waals surface area (Å²) >= 11 is 0. The molecule has 0 spiro atoms. The van der Waals surface area contributed by atoms with Crippen molar-refractivity contribution in [3.63, 3.8) is 0 Å². The fourth-order valence-corrected chi connectivity index (χ4v) is 3.79. The Morgan fingerprint density at radius 3 is 2.96 bits per heavy atom. The fraction of sp³-hybridized carbons (Fsp3) is 0.765. The van der Waals surface area contributed by atoms with Crippen LogP contribution in [-0.4, -0.2) is 65.6 Å². The van der Waals surface area contributed by atoms with Gasteiger partial charge >= 0.3 is 6.03 Å². The van der Waals surface area contributed by atoms with Crippen molar-refractivity contribution in [3.8, 4) is 0 Å². The molecule has 134 valence electrons. The van der Waals surface area contributed by atoms with Gasteiger partial charge in [0.2, 0.25) is 0 Å². The zero-order valence-corrected chi connectivity index (χ0v) is 15.0. The van der Waals surface area contributed by atoms with Gasteiger partial charge in [0.15, 0.2) is 0 Å². The fourth-order valence-electron chi connectivity index (χ4n) is 3.79. The molecule has 3 rings (SSSR count). The lowest BCUT2D eigenvalue weighted by molar-refractivity contribution is -0.0403. The molecule has 1 aromatic heterocycles. The molecular weight excluding hydrogens is 306 g/mol. The Morgan fingerprint density at radius 1 is 1.42 bits per heavy atom. The highest BCUT2D eigenvalue weighted by Crippen LogP contribution is 2.24. The molecule has 0 unspecified atom stereocenters. The van der Waals surface area contributed by atoms with Crippen molar-refractivity contribution in [2.24, 2.45) is 7.05 Å². The lowest BCUT2D eigenvalue weighted by Crippen LogP contribution is -2.56. The molecule has 2 saturated heterocycles. The van der Waals surface area contributed by atoms with Crippen LogP contribution in [0.3, 0.4) is 0 Å². The van der Waals surface area contributed by atoms with Crippen molar-refractivity contribution in [1.29, 1.82) is 0 Å². The molecule has 2 aliphatic heterocycles. The number of piperidine rings is 2. The van der Waals surface area contributed by atoms with Crippen molar-refractivity contribution >= 4 is 11.8 Å². The van der Waals surface area contributed by atoms with E-state index in [4.69, 9.17) is 4.74 Å². The standard InChI is InChI=1S/C17H29N5O2/c1-17(24-3)8-5-11-22(13-17)16(23)19-14-6-4-10-21(12-14)15-7-9-18-20(15)2/h7,9,14H,4-6,8,10-13H2,1-3H3,(H,19,23)/t14-,17-/m0/s1. The molecule has 7 nitrogen and oxygen atoms in total. The minimum atomic E-state index is -0.219. The molecule has 3 heterocycles. The SMILES string of the molecule is CO[C@@]1(C)CCCN(C(=O)N[C@H]2CCCN(c3ccnn3C)C2)C1. The van der Waals surface area contributed by atoms with Gasteiger partial charge in [-0.15, -0.1) is 0 Å². The van der Waals surface area contributed by atoms with E-state index in [0.717, 1.165) is 51.1 Å². The van der Waals surface area contributed by atoms with E-state index in [0.29, 0.717) is 6.54 Å². The van der Waals surface area contributed by atoms with Crippen molar-refractivity contribution in [3.05, 3.63) is 12.3 Å². The molecular formula is C17H29N5O2. The van der Waals surface area contributed by atoms with Crippen LogP contribution in [0.1, 0.15) is 32.6 Å². The molecule has 2 amide bonds. The van der Waals surface area contributed by atoms with Gasteiger partial charge in [0, 0.05) is 45.9 Å². The first-order valence-electron chi connectivity index (χ1n) is 8.84.